The largest absolute Gasteiger partial charge is 0.354 e. The van der Waals surface area contributed by atoms with Crippen LogP contribution in [0.25, 0.3) is 0 Å². The number of piperidine rings is 1. The Morgan fingerprint density at radius 1 is 1.09 bits per heavy atom. The molecule has 6 nitrogen and oxygen atoms in total. The first-order chi connectivity index (χ1) is 10.4. The van der Waals surface area contributed by atoms with E-state index in [1.807, 2.05) is 13.8 Å². The van der Waals surface area contributed by atoms with Gasteiger partial charge in [-0.15, -0.1) is 0 Å². The molecule has 1 atom stereocenters. The molecule has 1 fully saturated rings. The third-order valence-corrected chi connectivity index (χ3v) is 4.07. The first-order valence-corrected chi connectivity index (χ1v) is 8.43. The quantitative estimate of drug-likeness (QED) is 0.618. The number of likely N-dealkylation sites (tertiary alicyclic amines) is 1. The molecule has 6 heteroatoms. The van der Waals surface area contributed by atoms with Gasteiger partial charge in [0, 0.05) is 38.1 Å². The minimum absolute atomic E-state index is 0.0122. The molecule has 22 heavy (non-hydrogen) atoms. The minimum Gasteiger partial charge on any atom is -0.354 e. The minimum atomic E-state index is -0.152. The molecule has 3 N–H and O–H groups in total. The average molecular weight is 312 g/mol. The maximum absolute atomic E-state index is 11.7. The van der Waals surface area contributed by atoms with Crippen molar-refractivity contribution in [2.75, 3.05) is 32.7 Å². The molecule has 1 rings (SSSR count). The fourth-order valence-corrected chi connectivity index (χ4v) is 2.60. The second-order valence-corrected chi connectivity index (χ2v) is 6.68. The Morgan fingerprint density at radius 2 is 1.77 bits per heavy atom. The summed E-state index contributed by atoms with van der Waals surface area (Å²) in [7, 11) is 0. The number of urea groups is 1. The molecule has 0 aromatic rings. The van der Waals surface area contributed by atoms with Gasteiger partial charge in [0.15, 0.2) is 0 Å². The molecule has 3 amide bonds. The standard InChI is InChI=1S/C16H32N4O2/c1-12(2)15(21)17-7-8-18-16(22)19-10-14-6-5-9-20(11-14)13(3)4/h12-14H,5-11H2,1-4H3,(H,17,21)(H2,18,19,22)/t14-/m0/s1. The van der Waals surface area contributed by atoms with Crippen molar-refractivity contribution in [3.8, 4) is 0 Å². The number of hydrogen-bond acceptors (Lipinski definition) is 3. The Labute approximate surface area is 134 Å². The predicted molar refractivity (Wildman–Crippen MR) is 88.7 cm³/mol. The van der Waals surface area contributed by atoms with Crippen LogP contribution in [0.5, 0.6) is 0 Å². The van der Waals surface area contributed by atoms with Crippen LogP contribution >= 0.6 is 0 Å². The summed E-state index contributed by atoms with van der Waals surface area (Å²) >= 11 is 0. The summed E-state index contributed by atoms with van der Waals surface area (Å²) in [4.78, 5) is 25.6. The summed E-state index contributed by atoms with van der Waals surface area (Å²) in [5.74, 6) is 0.518. The summed E-state index contributed by atoms with van der Waals surface area (Å²) in [6.45, 7) is 12.0. The van der Waals surface area contributed by atoms with E-state index in [1.54, 1.807) is 0 Å². The lowest BCUT2D eigenvalue weighted by molar-refractivity contribution is -0.123. The Hall–Kier alpha value is -1.30. The molecule has 0 aliphatic carbocycles. The van der Waals surface area contributed by atoms with E-state index in [4.69, 9.17) is 0 Å². The van der Waals surface area contributed by atoms with Gasteiger partial charge in [0.05, 0.1) is 0 Å². The van der Waals surface area contributed by atoms with Crippen molar-refractivity contribution in [1.29, 1.82) is 0 Å². The number of nitrogens with zero attached hydrogens (tertiary/aromatic N) is 1. The molecule has 0 saturated carbocycles. The molecule has 0 radical (unpaired) electrons. The number of amides is 3. The number of carbonyl (C=O) groups excluding carboxylic acids is 2. The van der Waals surface area contributed by atoms with E-state index in [0.29, 0.717) is 31.6 Å². The molecule has 0 unspecified atom stereocenters. The zero-order valence-corrected chi connectivity index (χ0v) is 14.4. The maximum atomic E-state index is 11.7. The highest BCUT2D eigenvalue weighted by Gasteiger charge is 2.21. The van der Waals surface area contributed by atoms with Gasteiger partial charge in [-0.25, -0.2) is 4.79 Å². The molecule has 1 heterocycles. The van der Waals surface area contributed by atoms with Gasteiger partial charge in [0.25, 0.3) is 0 Å². The van der Waals surface area contributed by atoms with Gasteiger partial charge in [-0.3, -0.25) is 4.79 Å². The van der Waals surface area contributed by atoms with Gasteiger partial charge in [-0.05, 0) is 39.2 Å². The zero-order chi connectivity index (χ0) is 16.5. The molecular formula is C16H32N4O2. The highest BCUT2D eigenvalue weighted by Crippen LogP contribution is 2.17. The van der Waals surface area contributed by atoms with Crippen LogP contribution in [-0.4, -0.2) is 55.6 Å². The number of nitrogens with one attached hydrogen (secondary N) is 3. The fraction of sp³-hybridized carbons (Fsp3) is 0.875. The fourth-order valence-electron chi connectivity index (χ4n) is 2.60. The van der Waals surface area contributed by atoms with Crippen LogP contribution in [0, 0.1) is 11.8 Å². The monoisotopic (exact) mass is 312 g/mol. The number of carbonyl (C=O) groups is 2. The van der Waals surface area contributed by atoms with Crippen molar-refractivity contribution < 1.29 is 9.59 Å². The van der Waals surface area contributed by atoms with Crippen molar-refractivity contribution in [3.05, 3.63) is 0 Å². The summed E-state index contributed by atoms with van der Waals surface area (Å²) in [6.07, 6.45) is 2.38. The van der Waals surface area contributed by atoms with Crippen LogP contribution in [0.3, 0.4) is 0 Å². The Morgan fingerprint density at radius 3 is 2.41 bits per heavy atom. The van der Waals surface area contributed by atoms with Gasteiger partial charge in [0.1, 0.15) is 0 Å². The molecule has 0 bridgehead atoms. The van der Waals surface area contributed by atoms with Crippen molar-refractivity contribution in [2.24, 2.45) is 11.8 Å². The summed E-state index contributed by atoms with van der Waals surface area (Å²) < 4.78 is 0. The van der Waals surface area contributed by atoms with Gasteiger partial charge in [0.2, 0.25) is 5.91 Å². The Balaban J connectivity index is 2.11. The molecular weight excluding hydrogens is 280 g/mol. The molecule has 0 aromatic carbocycles. The molecule has 1 aliphatic heterocycles. The number of rotatable bonds is 7. The predicted octanol–water partition coefficient (Wildman–Crippen LogP) is 1.18. The van der Waals surface area contributed by atoms with Crippen LogP contribution in [0.15, 0.2) is 0 Å². The maximum Gasteiger partial charge on any atom is 0.314 e. The lowest BCUT2D eigenvalue weighted by Gasteiger charge is -2.35. The third-order valence-electron chi connectivity index (χ3n) is 4.07. The first-order valence-electron chi connectivity index (χ1n) is 8.43. The molecule has 1 aliphatic rings. The third kappa shape index (κ3) is 7.11. The summed E-state index contributed by atoms with van der Waals surface area (Å²) in [5, 5.41) is 8.48. The van der Waals surface area contributed by atoms with Crippen LogP contribution in [0.2, 0.25) is 0 Å². The highest BCUT2D eigenvalue weighted by molar-refractivity contribution is 5.78. The Kier molecular flexibility index (Phi) is 8.24. The topological polar surface area (TPSA) is 73.5 Å². The molecule has 0 spiro atoms. The highest BCUT2D eigenvalue weighted by atomic mass is 16.2. The van der Waals surface area contributed by atoms with Crippen molar-refractivity contribution in [3.63, 3.8) is 0 Å². The van der Waals surface area contributed by atoms with E-state index >= 15 is 0 Å². The van der Waals surface area contributed by atoms with Crippen molar-refractivity contribution in [2.45, 2.75) is 46.6 Å². The summed E-state index contributed by atoms with van der Waals surface area (Å²) in [6, 6.07) is 0.418. The van der Waals surface area contributed by atoms with Gasteiger partial charge < -0.3 is 20.9 Å². The van der Waals surface area contributed by atoms with E-state index in [0.717, 1.165) is 13.1 Å². The lowest BCUT2D eigenvalue weighted by atomic mass is 9.97. The van der Waals surface area contributed by atoms with E-state index < -0.39 is 0 Å². The van der Waals surface area contributed by atoms with E-state index in [9.17, 15) is 9.59 Å². The second kappa shape index (κ2) is 9.66. The number of hydrogen-bond donors (Lipinski definition) is 3. The van der Waals surface area contributed by atoms with Gasteiger partial charge >= 0.3 is 6.03 Å². The van der Waals surface area contributed by atoms with Crippen LogP contribution in [0.1, 0.15) is 40.5 Å². The lowest BCUT2D eigenvalue weighted by Crippen LogP contribution is -2.46. The summed E-state index contributed by atoms with van der Waals surface area (Å²) in [5.41, 5.74) is 0. The molecule has 128 valence electrons. The molecule has 1 saturated heterocycles. The van der Waals surface area contributed by atoms with Crippen molar-refractivity contribution in [1.82, 2.24) is 20.9 Å². The van der Waals surface area contributed by atoms with Crippen LogP contribution < -0.4 is 16.0 Å². The van der Waals surface area contributed by atoms with E-state index in [1.165, 1.54) is 12.8 Å². The molecule has 0 aromatic heterocycles. The average Bonchev–Trinajstić information content (AvgIpc) is 2.49. The van der Waals surface area contributed by atoms with Crippen molar-refractivity contribution >= 4 is 11.9 Å². The van der Waals surface area contributed by atoms with Gasteiger partial charge in [-0.2, -0.15) is 0 Å². The SMILES string of the molecule is CC(C)C(=O)NCCNC(=O)NC[C@@H]1CCCN(C(C)C)C1. The first kappa shape index (κ1) is 18.7. The second-order valence-electron chi connectivity index (χ2n) is 6.68. The smallest absolute Gasteiger partial charge is 0.314 e. The normalized spacial score (nSPS) is 19.3. The van der Waals surface area contributed by atoms with Crippen LogP contribution in [-0.2, 0) is 4.79 Å². The van der Waals surface area contributed by atoms with Gasteiger partial charge in [-0.1, -0.05) is 13.8 Å². The van der Waals surface area contributed by atoms with E-state index in [2.05, 4.69) is 34.7 Å². The Bertz CT molecular complexity index is 358. The van der Waals surface area contributed by atoms with E-state index in [-0.39, 0.29) is 17.9 Å². The zero-order valence-electron chi connectivity index (χ0n) is 14.4. The van der Waals surface area contributed by atoms with Crippen LogP contribution in [0.4, 0.5) is 4.79 Å².